The summed E-state index contributed by atoms with van der Waals surface area (Å²) in [5, 5.41) is 8.20. The van der Waals surface area contributed by atoms with Gasteiger partial charge < -0.3 is 5.32 Å². The Kier molecular flexibility index (Phi) is 2.59. The maximum atomic E-state index is 13.1. The van der Waals surface area contributed by atoms with E-state index in [0.717, 1.165) is 12.1 Å². The van der Waals surface area contributed by atoms with E-state index in [4.69, 9.17) is 0 Å². The molecule has 0 fully saturated rings. The summed E-state index contributed by atoms with van der Waals surface area (Å²) >= 11 is 0. The van der Waals surface area contributed by atoms with Crippen LogP contribution < -0.4 is 5.32 Å². The molecule has 82 valence electrons. The number of halogens is 2. The molecule has 2 N–H and O–H groups in total. The van der Waals surface area contributed by atoms with E-state index in [0.29, 0.717) is 0 Å². The van der Waals surface area contributed by atoms with Crippen LogP contribution in [-0.2, 0) is 0 Å². The molecule has 2 rings (SSSR count). The highest BCUT2D eigenvalue weighted by Gasteiger charge is 2.11. The molecule has 0 radical (unpaired) electrons. The summed E-state index contributed by atoms with van der Waals surface area (Å²) in [6, 6.07) is 3.46. The Morgan fingerprint density at radius 3 is 2.75 bits per heavy atom. The van der Waals surface area contributed by atoms with Crippen LogP contribution in [-0.4, -0.2) is 21.1 Å². The average molecular weight is 224 g/mol. The first-order chi connectivity index (χ1) is 7.66. The summed E-state index contributed by atoms with van der Waals surface area (Å²) in [4.78, 5) is 14.4. The van der Waals surface area contributed by atoms with Gasteiger partial charge in [-0.1, -0.05) is 0 Å². The highest BCUT2D eigenvalue weighted by atomic mass is 19.1. The zero-order chi connectivity index (χ0) is 11.5. The van der Waals surface area contributed by atoms with Crippen molar-refractivity contribution in [2.45, 2.75) is 0 Å². The quantitative estimate of drug-likeness (QED) is 0.756. The van der Waals surface area contributed by atoms with Crippen molar-refractivity contribution in [3.8, 4) is 0 Å². The number of hydrogen-bond acceptors (Lipinski definition) is 3. The minimum Gasteiger partial charge on any atom is -0.317 e. The molecule has 0 saturated heterocycles. The van der Waals surface area contributed by atoms with E-state index >= 15 is 0 Å². The molecule has 0 saturated carbocycles. The Hall–Kier alpha value is -2.31. The molecule has 0 aliphatic rings. The molecule has 0 atom stereocenters. The lowest BCUT2D eigenvalue weighted by Crippen LogP contribution is -2.14. The van der Waals surface area contributed by atoms with E-state index in [1.807, 2.05) is 0 Å². The van der Waals surface area contributed by atoms with Crippen molar-refractivity contribution in [2.24, 2.45) is 0 Å². The third kappa shape index (κ3) is 2.02. The smallest absolute Gasteiger partial charge is 0.273 e. The Morgan fingerprint density at radius 2 is 2.12 bits per heavy atom. The standard InChI is InChI=1S/C9H6F2N4O/c10-7-2-1-5(8(11)14-7)13-9(16)6-3-4-12-15-6/h1-4H,(H,12,15)(H,13,16). The summed E-state index contributed by atoms with van der Waals surface area (Å²) < 4.78 is 25.5. The summed E-state index contributed by atoms with van der Waals surface area (Å²) in [5.74, 6) is -2.60. The van der Waals surface area contributed by atoms with Crippen molar-refractivity contribution in [2.75, 3.05) is 5.32 Å². The number of anilines is 1. The molecule has 5 nitrogen and oxygen atoms in total. The van der Waals surface area contributed by atoms with Crippen LogP contribution in [0.25, 0.3) is 0 Å². The third-order valence-corrected chi connectivity index (χ3v) is 1.81. The van der Waals surface area contributed by atoms with Gasteiger partial charge in [-0.15, -0.1) is 0 Å². The molecule has 0 bridgehead atoms. The van der Waals surface area contributed by atoms with Crippen molar-refractivity contribution in [1.82, 2.24) is 15.2 Å². The van der Waals surface area contributed by atoms with Crippen LogP contribution in [0, 0.1) is 11.9 Å². The van der Waals surface area contributed by atoms with Gasteiger partial charge >= 0.3 is 0 Å². The lowest BCUT2D eigenvalue weighted by atomic mass is 10.3. The summed E-state index contributed by atoms with van der Waals surface area (Å²) in [6.45, 7) is 0. The van der Waals surface area contributed by atoms with E-state index in [2.05, 4.69) is 20.5 Å². The van der Waals surface area contributed by atoms with Gasteiger partial charge in [-0.2, -0.15) is 18.9 Å². The zero-order valence-corrected chi connectivity index (χ0v) is 7.87. The maximum Gasteiger partial charge on any atom is 0.273 e. The summed E-state index contributed by atoms with van der Waals surface area (Å²) in [5.41, 5.74) is -0.0234. The van der Waals surface area contributed by atoms with E-state index < -0.39 is 17.8 Å². The van der Waals surface area contributed by atoms with E-state index in [1.165, 1.54) is 12.3 Å². The highest BCUT2D eigenvalue weighted by Crippen LogP contribution is 2.12. The van der Waals surface area contributed by atoms with Crippen molar-refractivity contribution in [3.05, 3.63) is 42.0 Å². The first-order valence-electron chi connectivity index (χ1n) is 4.29. The number of nitrogens with zero attached hydrogens (tertiary/aromatic N) is 2. The monoisotopic (exact) mass is 224 g/mol. The lowest BCUT2D eigenvalue weighted by Gasteiger charge is -2.03. The van der Waals surface area contributed by atoms with Crippen molar-refractivity contribution < 1.29 is 13.6 Å². The molecule has 0 unspecified atom stereocenters. The van der Waals surface area contributed by atoms with Gasteiger partial charge in [0.1, 0.15) is 5.69 Å². The van der Waals surface area contributed by atoms with Gasteiger partial charge in [0.25, 0.3) is 5.91 Å². The molecule has 2 aromatic heterocycles. The fourth-order valence-corrected chi connectivity index (χ4v) is 1.08. The summed E-state index contributed by atoms with van der Waals surface area (Å²) in [6.07, 6.45) is 1.38. The Balaban J connectivity index is 2.18. The second kappa shape index (κ2) is 4.05. The predicted octanol–water partition coefficient (Wildman–Crippen LogP) is 1.34. The Labute approximate surface area is 88.5 Å². The predicted molar refractivity (Wildman–Crippen MR) is 50.7 cm³/mol. The number of aromatic amines is 1. The highest BCUT2D eigenvalue weighted by molar-refractivity contribution is 6.02. The Bertz CT molecular complexity index is 512. The third-order valence-electron chi connectivity index (χ3n) is 1.81. The molecule has 0 aromatic carbocycles. The molecule has 2 aromatic rings. The molecule has 0 spiro atoms. The fraction of sp³-hybridized carbons (Fsp3) is 0. The van der Waals surface area contributed by atoms with Gasteiger partial charge in [-0.05, 0) is 18.2 Å². The molecular formula is C9H6F2N4O. The van der Waals surface area contributed by atoms with Gasteiger partial charge in [0.2, 0.25) is 11.9 Å². The number of aromatic nitrogens is 3. The molecule has 1 amide bonds. The van der Waals surface area contributed by atoms with Crippen molar-refractivity contribution in [1.29, 1.82) is 0 Å². The maximum absolute atomic E-state index is 13.1. The topological polar surface area (TPSA) is 70.7 Å². The van der Waals surface area contributed by atoms with Crippen LogP contribution in [0.4, 0.5) is 14.5 Å². The average Bonchev–Trinajstić information content (AvgIpc) is 2.75. The zero-order valence-electron chi connectivity index (χ0n) is 7.87. The van der Waals surface area contributed by atoms with Gasteiger partial charge in [-0.3, -0.25) is 9.89 Å². The number of amides is 1. The molecule has 2 heterocycles. The number of H-pyrrole nitrogens is 1. The molecule has 16 heavy (non-hydrogen) atoms. The molecular weight excluding hydrogens is 218 g/mol. The number of nitrogens with one attached hydrogen (secondary N) is 2. The molecule has 0 aliphatic heterocycles. The number of hydrogen-bond donors (Lipinski definition) is 2. The molecule has 7 heteroatoms. The lowest BCUT2D eigenvalue weighted by molar-refractivity contribution is 0.102. The van der Waals surface area contributed by atoms with Crippen LogP contribution in [0.2, 0.25) is 0 Å². The minimum atomic E-state index is -1.08. The van der Waals surface area contributed by atoms with Crippen molar-refractivity contribution >= 4 is 11.6 Å². The minimum absolute atomic E-state index is 0.170. The van der Waals surface area contributed by atoms with Gasteiger partial charge in [-0.25, -0.2) is 0 Å². The number of pyridine rings is 1. The number of carbonyl (C=O) groups is 1. The largest absolute Gasteiger partial charge is 0.317 e. The molecule has 0 aliphatic carbocycles. The number of carbonyl (C=O) groups excluding carboxylic acids is 1. The van der Waals surface area contributed by atoms with Gasteiger partial charge in [0, 0.05) is 6.20 Å². The Morgan fingerprint density at radius 1 is 1.31 bits per heavy atom. The van der Waals surface area contributed by atoms with Crippen LogP contribution >= 0.6 is 0 Å². The SMILES string of the molecule is O=C(Nc1ccc(F)nc1F)c1ccn[nH]1. The van der Waals surface area contributed by atoms with Gasteiger partial charge in [0.15, 0.2) is 0 Å². The van der Waals surface area contributed by atoms with Gasteiger partial charge in [0.05, 0.1) is 5.69 Å². The van der Waals surface area contributed by atoms with E-state index in [1.54, 1.807) is 0 Å². The van der Waals surface area contributed by atoms with Crippen LogP contribution in [0.1, 0.15) is 10.5 Å². The number of rotatable bonds is 2. The second-order valence-corrected chi connectivity index (χ2v) is 2.90. The van der Waals surface area contributed by atoms with E-state index in [9.17, 15) is 13.6 Å². The van der Waals surface area contributed by atoms with E-state index in [-0.39, 0.29) is 11.4 Å². The first kappa shape index (κ1) is 10.2. The van der Waals surface area contributed by atoms with Crippen molar-refractivity contribution in [3.63, 3.8) is 0 Å². The van der Waals surface area contributed by atoms with Crippen LogP contribution in [0.5, 0.6) is 0 Å². The van der Waals surface area contributed by atoms with Crippen LogP contribution in [0.15, 0.2) is 24.4 Å². The first-order valence-corrected chi connectivity index (χ1v) is 4.29. The summed E-state index contributed by atoms with van der Waals surface area (Å²) in [7, 11) is 0. The second-order valence-electron chi connectivity index (χ2n) is 2.90. The van der Waals surface area contributed by atoms with Crippen LogP contribution in [0.3, 0.4) is 0 Å². The normalized spacial score (nSPS) is 10.1. The fourth-order valence-electron chi connectivity index (χ4n) is 1.08.